The van der Waals surface area contributed by atoms with Gasteiger partial charge in [-0.3, -0.25) is 9.59 Å². The van der Waals surface area contributed by atoms with E-state index in [1.807, 2.05) is 0 Å². The first kappa shape index (κ1) is 19.3. The van der Waals surface area contributed by atoms with E-state index in [0.29, 0.717) is 59.1 Å². The van der Waals surface area contributed by atoms with Gasteiger partial charge in [0.25, 0.3) is 5.91 Å². The minimum atomic E-state index is -0.678. The van der Waals surface area contributed by atoms with Gasteiger partial charge in [0.2, 0.25) is 0 Å². The lowest BCUT2D eigenvalue weighted by Gasteiger charge is -2.26. The highest BCUT2D eigenvalue weighted by atomic mass is 32.1. The number of nitrogens with zero attached hydrogens (tertiary/aromatic N) is 2. The quantitative estimate of drug-likeness (QED) is 0.518. The number of carbonyl (C=O) groups excluding carboxylic acids is 2. The molecule has 3 aromatic rings. The van der Waals surface area contributed by atoms with E-state index in [2.05, 4.69) is 4.98 Å². The first-order valence-electron chi connectivity index (χ1n) is 9.01. The van der Waals surface area contributed by atoms with Crippen LogP contribution in [-0.4, -0.2) is 53.5 Å². The first-order valence-corrected chi connectivity index (χ1v) is 9.83. The molecule has 0 saturated carbocycles. The van der Waals surface area contributed by atoms with Crippen molar-refractivity contribution in [1.82, 2.24) is 9.88 Å². The Kier molecular flexibility index (Phi) is 4.93. The Morgan fingerprint density at radius 3 is 2.69 bits per heavy atom. The van der Waals surface area contributed by atoms with Crippen LogP contribution in [0.25, 0.3) is 21.5 Å². The number of thiazole rings is 1. The summed E-state index contributed by atoms with van der Waals surface area (Å²) < 4.78 is 10.7. The molecule has 1 aromatic carbocycles. The van der Waals surface area contributed by atoms with Crippen LogP contribution in [-0.2, 0) is 4.74 Å². The molecule has 1 aliphatic rings. The predicted octanol–water partition coefficient (Wildman–Crippen LogP) is 2.52. The standard InChI is InChI=1S/C20H18N2O6S/c1-10-12-3-4-14(24)13(9-23)16(12)28-20(26)15(10)18-21-11(2)17(29-18)19(25)22-5-7-27-8-6-22/h3-4,9,24H,5-8H2,1-2H3. The lowest BCUT2D eigenvalue weighted by atomic mass is 10.0. The number of amides is 1. The summed E-state index contributed by atoms with van der Waals surface area (Å²) >= 11 is 1.14. The maximum Gasteiger partial charge on any atom is 0.346 e. The zero-order valence-electron chi connectivity index (χ0n) is 15.9. The van der Waals surface area contributed by atoms with Crippen LogP contribution in [0.15, 0.2) is 21.3 Å². The van der Waals surface area contributed by atoms with E-state index in [0.717, 1.165) is 11.3 Å². The van der Waals surface area contributed by atoms with E-state index in [4.69, 9.17) is 9.15 Å². The number of hydrogen-bond acceptors (Lipinski definition) is 8. The van der Waals surface area contributed by atoms with Gasteiger partial charge in [-0.05, 0) is 31.5 Å². The number of morpholine rings is 1. The highest BCUT2D eigenvalue weighted by Crippen LogP contribution is 2.34. The van der Waals surface area contributed by atoms with E-state index < -0.39 is 5.63 Å². The summed E-state index contributed by atoms with van der Waals surface area (Å²) in [6.07, 6.45) is 0.451. The molecule has 1 saturated heterocycles. The van der Waals surface area contributed by atoms with Crippen LogP contribution in [0.3, 0.4) is 0 Å². The van der Waals surface area contributed by atoms with Crippen molar-refractivity contribution in [2.75, 3.05) is 26.3 Å². The van der Waals surface area contributed by atoms with Crippen LogP contribution in [0.5, 0.6) is 5.75 Å². The molecule has 3 heterocycles. The van der Waals surface area contributed by atoms with Gasteiger partial charge >= 0.3 is 5.63 Å². The molecule has 0 radical (unpaired) electrons. The Morgan fingerprint density at radius 1 is 1.28 bits per heavy atom. The zero-order valence-corrected chi connectivity index (χ0v) is 16.7. The molecule has 8 nitrogen and oxygen atoms in total. The number of aldehydes is 1. The maximum absolute atomic E-state index is 12.8. The Morgan fingerprint density at radius 2 is 2.00 bits per heavy atom. The molecule has 2 aromatic heterocycles. The predicted molar refractivity (Wildman–Crippen MR) is 107 cm³/mol. The fourth-order valence-electron chi connectivity index (χ4n) is 3.40. The fraction of sp³-hybridized carbons (Fsp3) is 0.300. The number of phenols is 1. The monoisotopic (exact) mass is 414 g/mol. The third-order valence-corrected chi connectivity index (χ3v) is 6.13. The van der Waals surface area contributed by atoms with Crippen LogP contribution < -0.4 is 5.63 Å². The lowest BCUT2D eigenvalue weighted by molar-refractivity contribution is 0.0305. The Bertz CT molecular complexity index is 1190. The molecule has 4 rings (SSSR count). The smallest absolute Gasteiger partial charge is 0.346 e. The van der Waals surface area contributed by atoms with Gasteiger partial charge < -0.3 is 19.2 Å². The molecule has 150 valence electrons. The van der Waals surface area contributed by atoms with Gasteiger partial charge in [-0.25, -0.2) is 9.78 Å². The number of ether oxygens (including phenoxy) is 1. The summed E-state index contributed by atoms with van der Waals surface area (Å²) in [7, 11) is 0. The van der Waals surface area contributed by atoms with Crippen LogP contribution in [0.4, 0.5) is 0 Å². The number of aryl methyl sites for hydroxylation is 2. The van der Waals surface area contributed by atoms with Gasteiger partial charge in [0.15, 0.2) is 11.9 Å². The van der Waals surface area contributed by atoms with Gasteiger partial charge in [0.05, 0.1) is 30.0 Å². The molecule has 0 aliphatic carbocycles. The number of fused-ring (bicyclic) bond motifs is 1. The molecule has 0 bridgehead atoms. The van der Waals surface area contributed by atoms with E-state index in [1.54, 1.807) is 24.8 Å². The number of carbonyl (C=O) groups is 2. The van der Waals surface area contributed by atoms with Crippen LogP contribution >= 0.6 is 11.3 Å². The van der Waals surface area contributed by atoms with Crippen LogP contribution in [0, 0.1) is 13.8 Å². The topological polar surface area (TPSA) is 110 Å². The fourth-order valence-corrected chi connectivity index (χ4v) is 4.52. The number of hydrogen-bond donors (Lipinski definition) is 1. The number of rotatable bonds is 3. The van der Waals surface area contributed by atoms with Gasteiger partial charge in [-0.1, -0.05) is 0 Å². The summed E-state index contributed by atoms with van der Waals surface area (Å²) in [4.78, 5) is 43.5. The Labute approximate surface area is 169 Å². The average Bonchev–Trinajstić information content (AvgIpc) is 3.09. The molecule has 1 aliphatic heterocycles. The Balaban J connectivity index is 1.83. The molecule has 0 unspecified atom stereocenters. The summed E-state index contributed by atoms with van der Waals surface area (Å²) in [6, 6.07) is 2.96. The van der Waals surface area contributed by atoms with Gasteiger partial charge in [-0.2, -0.15) is 0 Å². The summed E-state index contributed by atoms with van der Waals surface area (Å²) in [5.41, 5.74) is 0.632. The van der Waals surface area contributed by atoms with Crippen molar-refractivity contribution < 1.29 is 23.8 Å². The third-order valence-electron chi connectivity index (χ3n) is 4.97. The van der Waals surface area contributed by atoms with Crippen molar-refractivity contribution in [2.45, 2.75) is 13.8 Å². The van der Waals surface area contributed by atoms with Crippen molar-refractivity contribution in [3.05, 3.63) is 44.3 Å². The first-order chi connectivity index (χ1) is 13.9. The molecule has 0 atom stereocenters. The summed E-state index contributed by atoms with van der Waals surface area (Å²) in [5, 5.41) is 10.8. The second-order valence-electron chi connectivity index (χ2n) is 6.72. The molecule has 1 N–H and O–H groups in total. The molecule has 1 fully saturated rings. The maximum atomic E-state index is 12.8. The minimum Gasteiger partial charge on any atom is -0.507 e. The van der Waals surface area contributed by atoms with E-state index >= 15 is 0 Å². The number of benzene rings is 1. The SMILES string of the molecule is Cc1nc(-c2c(C)c3ccc(O)c(C=O)c3oc2=O)sc1C(=O)N1CCOCC1. The minimum absolute atomic E-state index is 0.0316. The largest absolute Gasteiger partial charge is 0.507 e. The van der Waals surface area contributed by atoms with Crippen LogP contribution in [0.1, 0.15) is 31.3 Å². The summed E-state index contributed by atoms with van der Waals surface area (Å²) in [6.45, 7) is 5.47. The van der Waals surface area contributed by atoms with Crippen molar-refractivity contribution in [2.24, 2.45) is 0 Å². The summed E-state index contributed by atoms with van der Waals surface area (Å²) in [5.74, 6) is -0.392. The van der Waals surface area contributed by atoms with Crippen molar-refractivity contribution in [3.8, 4) is 16.3 Å². The van der Waals surface area contributed by atoms with Gasteiger partial charge in [0, 0.05) is 18.5 Å². The van der Waals surface area contributed by atoms with Gasteiger partial charge in [0.1, 0.15) is 15.6 Å². The highest BCUT2D eigenvalue weighted by molar-refractivity contribution is 7.17. The zero-order chi connectivity index (χ0) is 20.7. The van der Waals surface area contributed by atoms with Crippen LogP contribution in [0.2, 0.25) is 0 Å². The number of aromatic hydroxyl groups is 1. The second kappa shape index (κ2) is 7.41. The third kappa shape index (κ3) is 3.22. The Hall–Kier alpha value is -3.04. The molecular formula is C20H18N2O6S. The van der Waals surface area contributed by atoms with Crippen molar-refractivity contribution >= 4 is 34.5 Å². The normalized spacial score (nSPS) is 14.3. The van der Waals surface area contributed by atoms with Crippen molar-refractivity contribution in [1.29, 1.82) is 0 Å². The van der Waals surface area contributed by atoms with Crippen molar-refractivity contribution in [3.63, 3.8) is 0 Å². The molecule has 29 heavy (non-hydrogen) atoms. The molecule has 0 spiro atoms. The van der Waals surface area contributed by atoms with E-state index in [1.165, 1.54) is 6.07 Å². The van der Waals surface area contributed by atoms with E-state index in [-0.39, 0.29) is 28.4 Å². The molecule has 9 heteroatoms. The number of phenolic OH excluding ortho intramolecular Hbond substituents is 1. The second-order valence-corrected chi connectivity index (χ2v) is 7.72. The average molecular weight is 414 g/mol. The van der Waals surface area contributed by atoms with E-state index in [9.17, 15) is 19.5 Å². The lowest BCUT2D eigenvalue weighted by Crippen LogP contribution is -2.40. The molecule has 1 amide bonds. The number of aromatic nitrogens is 1. The van der Waals surface area contributed by atoms with Gasteiger partial charge in [-0.15, -0.1) is 11.3 Å². The molecular weight excluding hydrogens is 396 g/mol. The highest BCUT2D eigenvalue weighted by Gasteiger charge is 2.26.